The van der Waals surface area contributed by atoms with Crippen LogP contribution >= 0.6 is 24.0 Å². The van der Waals surface area contributed by atoms with Gasteiger partial charge in [0.15, 0.2) is 5.96 Å². The number of nitrogens with zero attached hydrogens (tertiary/aromatic N) is 4. The van der Waals surface area contributed by atoms with Crippen molar-refractivity contribution in [2.45, 2.75) is 32.9 Å². The van der Waals surface area contributed by atoms with E-state index in [-0.39, 0.29) is 29.8 Å². The van der Waals surface area contributed by atoms with Crippen molar-refractivity contribution >= 4 is 29.9 Å². The third kappa shape index (κ3) is 4.75. The minimum absolute atomic E-state index is 0. The number of imidazole rings is 1. The van der Waals surface area contributed by atoms with Gasteiger partial charge in [0, 0.05) is 39.1 Å². The summed E-state index contributed by atoms with van der Waals surface area (Å²) in [6.07, 6.45) is 6.83. The number of aromatic nitrogens is 2. The van der Waals surface area contributed by atoms with Crippen LogP contribution in [0.2, 0.25) is 0 Å². The predicted molar refractivity (Wildman–Crippen MR) is 113 cm³/mol. The largest absolute Gasteiger partial charge is 0.352 e. The smallest absolute Gasteiger partial charge is 0.193 e. The van der Waals surface area contributed by atoms with Crippen LogP contribution in [0.1, 0.15) is 30.5 Å². The summed E-state index contributed by atoms with van der Waals surface area (Å²) in [5.41, 5.74) is 1.59. The summed E-state index contributed by atoms with van der Waals surface area (Å²) in [6.45, 7) is 6.48. The topological polar surface area (TPSA) is 45.5 Å². The van der Waals surface area contributed by atoms with Crippen molar-refractivity contribution in [2.24, 2.45) is 10.9 Å². The van der Waals surface area contributed by atoms with Crippen LogP contribution in [0.4, 0.5) is 4.39 Å². The average molecular weight is 471 g/mol. The highest BCUT2D eigenvalue weighted by Gasteiger charge is 2.28. The molecule has 1 aromatic carbocycles. The fourth-order valence-corrected chi connectivity index (χ4v) is 3.35. The van der Waals surface area contributed by atoms with Crippen LogP contribution in [0.15, 0.2) is 41.9 Å². The van der Waals surface area contributed by atoms with E-state index in [1.165, 1.54) is 0 Å². The number of benzene rings is 1. The quantitative estimate of drug-likeness (QED) is 0.423. The second-order valence-electron chi connectivity index (χ2n) is 6.77. The number of aryl methyl sites for hydroxylation is 1. The zero-order chi connectivity index (χ0) is 17.8. The lowest BCUT2D eigenvalue weighted by atomic mass is 9.93. The van der Waals surface area contributed by atoms with Crippen LogP contribution in [-0.2, 0) is 6.54 Å². The number of aliphatic imine (C=N–C) groups is 1. The first kappa shape index (κ1) is 20.7. The van der Waals surface area contributed by atoms with E-state index in [1.807, 2.05) is 30.9 Å². The Balaban J connectivity index is 0.00000243. The standard InChI is InChI=1S/C19H26FN5.HI/c1-14-4-5-16(10-17(14)20)11-23-19(21-3)24-8-6-15(2)18(12-24)25-9-7-22-13-25;/h4-5,7,9-10,13,15,18H,6,8,11-12H2,1-3H3,(H,21,23);1H. The molecular weight excluding hydrogens is 444 g/mol. The van der Waals surface area contributed by atoms with Crippen LogP contribution in [0, 0.1) is 18.7 Å². The number of piperidine rings is 1. The lowest BCUT2D eigenvalue weighted by Crippen LogP contribution is -2.48. The van der Waals surface area contributed by atoms with Gasteiger partial charge in [-0.05, 0) is 36.5 Å². The first-order valence-corrected chi connectivity index (χ1v) is 8.76. The Morgan fingerprint density at radius 3 is 2.88 bits per heavy atom. The van der Waals surface area contributed by atoms with Crippen LogP contribution < -0.4 is 5.32 Å². The molecule has 1 aromatic heterocycles. The first-order valence-electron chi connectivity index (χ1n) is 8.76. The van der Waals surface area contributed by atoms with Crippen LogP contribution in [0.5, 0.6) is 0 Å². The Hall–Kier alpha value is -1.64. The lowest BCUT2D eigenvalue weighted by molar-refractivity contribution is 0.189. The molecule has 0 bridgehead atoms. The number of halogens is 2. The summed E-state index contributed by atoms with van der Waals surface area (Å²) >= 11 is 0. The van der Waals surface area contributed by atoms with Gasteiger partial charge in [-0.3, -0.25) is 4.99 Å². The van der Waals surface area contributed by atoms with E-state index in [0.717, 1.165) is 31.0 Å². The Morgan fingerprint density at radius 1 is 1.42 bits per heavy atom. The molecule has 1 fully saturated rings. The first-order chi connectivity index (χ1) is 12.1. The third-order valence-electron chi connectivity index (χ3n) is 5.02. The fraction of sp³-hybridized carbons (Fsp3) is 0.474. The predicted octanol–water partition coefficient (Wildman–Crippen LogP) is 3.61. The van der Waals surface area contributed by atoms with Gasteiger partial charge in [-0.1, -0.05) is 19.1 Å². The number of rotatable bonds is 3. The Bertz CT molecular complexity index is 732. The van der Waals surface area contributed by atoms with Gasteiger partial charge in [-0.2, -0.15) is 0 Å². The zero-order valence-electron chi connectivity index (χ0n) is 15.5. The molecule has 3 rings (SSSR count). The Labute approximate surface area is 171 Å². The molecule has 0 saturated carbocycles. The Kier molecular flexibility index (Phi) is 7.43. The maximum absolute atomic E-state index is 13.7. The molecule has 142 valence electrons. The molecule has 1 saturated heterocycles. The molecule has 2 atom stereocenters. The monoisotopic (exact) mass is 471 g/mol. The van der Waals surface area contributed by atoms with Gasteiger partial charge in [0.25, 0.3) is 0 Å². The number of hydrogen-bond donors (Lipinski definition) is 1. The molecule has 2 unspecified atom stereocenters. The van der Waals surface area contributed by atoms with E-state index in [1.54, 1.807) is 20.0 Å². The summed E-state index contributed by atoms with van der Waals surface area (Å²) in [4.78, 5) is 10.9. The van der Waals surface area contributed by atoms with Crippen molar-refractivity contribution < 1.29 is 4.39 Å². The fourth-order valence-electron chi connectivity index (χ4n) is 3.35. The minimum atomic E-state index is -0.166. The highest BCUT2D eigenvalue weighted by Crippen LogP contribution is 2.27. The molecular formula is C19H27FIN5. The number of hydrogen-bond acceptors (Lipinski definition) is 2. The van der Waals surface area contributed by atoms with Gasteiger partial charge >= 0.3 is 0 Å². The van der Waals surface area contributed by atoms with Crippen molar-refractivity contribution in [3.63, 3.8) is 0 Å². The molecule has 0 spiro atoms. The van der Waals surface area contributed by atoms with Gasteiger partial charge in [-0.15, -0.1) is 24.0 Å². The van der Waals surface area contributed by atoms with E-state index in [0.29, 0.717) is 24.1 Å². The zero-order valence-corrected chi connectivity index (χ0v) is 17.9. The van der Waals surface area contributed by atoms with Crippen molar-refractivity contribution in [1.82, 2.24) is 19.8 Å². The second kappa shape index (κ2) is 9.34. The summed E-state index contributed by atoms with van der Waals surface area (Å²) in [7, 11) is 1.79. The molecule has 0 radical (unpaired) electrons. The second-order valence-corrected chi connectivity index (χ2v) is 6.77. The molecule has 0 aliphatic carbocycles. The van der Waals surface area contributed by atoms with Crippen LogP contribution in [-0.4, -0.2) is 40.5 Å². The average Bonchev–Trinajstić information content (AvgIpc) is 3.14. The van der Waals surface area contributed by atoms with E-state index < -0.39 is 0 Å². The van der Waals surface area contributed by atoms with Gasteiger partial charge in [0.1, 0.15) is 5.82 Å². The number of guanidine groups is 1. The summed E-state index contributed by atoms with van der Waals surface area (Å²) in [6, 6.07) is 5.73. The molecule has 7 heteroatoms. The van der Waals surface area contributed by atoms with Crippen LogP contribution in [0.3, 0.4) is 0 Å². The number of likely N-dealkylation sites (tertiary alicyclic amines) is 1. The lowest BCUT2D eigenvalue weighted by Gasteiger charge is -2.39. The molecule has 2 aromatic rings. The van der Waals surface area contributed by atoms with Crippen molar-refractivity contribution in [3.8, 4) is 0 Å². The van der Waals surface area contributed by atoms with E-state index in [2.05, 4.69) is 31.7 Å². The van der Waals surface area contributed by atoms with Gasteiger partial charge < -0.3 is 14.8 Å². The molecule has 0 amide bonds. The summed E-state index contributed by atoms with van der Waals surface area (Å²) < 4.78 is 15.9. The van der Waals surface area contributed by atoms with E-state index >= 15 is 0 Å². The van der Waals surface area contributed by atoms with Crippen molar-refractivity contribution in [2.75, 3.05) is 20.1 Å². The molecule has 1 N–H and O–H groups in total. The SMILES string of the molecule is CN=C(NCc1ccc(C)c(F)c1)N1CCC(C)C(n2ccnc2)C1.I. The van der Waals surface area contributed by atoms with Crippen LogP contribution in [0.25, 0.3) is 0 Å². The van der Waals surface area contributed by atoms with Crippen molar-refractivity contribution in [1.29, 1.82) is 0 Å². The number of nitrogens with one attached hydrogen (secondary N) is 1. The maximum Gasteiger partial charge on any atom is 0.193 e. The van der Waals surface area contributed by atoms with Crippen molar-refractivity contribution in [3.05, 3.63) is 53.9 Å². The molecule has 5 nitrogen and oxygen atoms in total. The normalized spacial score (nSPS) is 20.6. The van der Waals surface area contributed by atoms with E-state index in [4.69, 9.17) is 0 Å². The molecule has 26 heavy (non-hydrogen) atoms. The van der Waals surface area contributed by atoms with Gasteiger partial charge in [-0.25, -0.2) is 9.37 Å². The molecule has 2 heterocycles. The molecule has 1 aliphatic heterocycles. The highest BCUT2D eigenvalue weighted by atomic mass is 127. The summed E-state index contributed by atoms with van der Waals surface area (Å²) in [5.74, 6) is 1.29. The third-order valence-corrected chi connectivity index (χ3v) is 5.02. The molecule has 1 aliphatic rings. The van der Waals surface area contributed by atoms with Gasteiger partial charge in [0.2, 0.25) is 0 Å². The minimum Gasteiger partial charge on any atom is -0.352 e. The summed E-state index contributed by atoms with van der Waals surface area (Å²) in [5, 5.41) is 3.37. The maximum atomic E-state index is 13.7. The highest BCUT2D eigenvalue weighted by molar-refractivity contribution is 14.0. The van der Waals surface area contributed by atoms with Gasteiger partial charge in [0.05, 0.1) is 12.4 Å². The Morgan fingerprint density at radius 2 is 2.23 bits per heavy atom. The van der Waals surface area contributed by atoms with E-state index in [9.17, 15) is 4.39 Å².